The smallest absolute Gasteiger partial charge is 0.175 e. The Morgan fingerprint density at radius 1 is 1.33 bits per heavy atom. The number of hydrogen-bond acceptors (Lipinski definition) is 5. The van der Waals surface area contributed by atoms with Crippen molar-refractivity contribution in [2.24, 2.45) is 4.99 Å². The van der Waals surface area contributed by atoms with Gasteiger partial charge in [-0.05, 0) is 12.1 Å². The molecular weight excluding hydrogens is 252 g/mol. The van der Waals surface area contributed by atoms with E-state index in [0.29, 0.717) is 17.9 Å². The van der Waals surface area contributed by atoms with E-state index in [-0.39, 0.29) is 17.1 Å². The fraction of sp³-hybridized carbons (Fsp3) is 0.333. The van der Waals surface area contributed by atoms with Gasteiger partial charge in [0.05, 0.1) is 17.9 Å². The molecule has 1 aromatic carbocycles. The molecule has 0 spiro atoms. The Morgan fingerprint density at radius 3 is 2.50 bits per heavy atom. The van der Waals surface area contributed by atoms with Crippen LogP contribution in [0.1, 0.15) is 16.8 Å². The molecule has 0 aliphatic carbocycles. The van der Waals surface area contributed by atoms with E-state index in [2.05, 4.69) is 10.3 Å². The van der Waals surface area contributed by atoms with Crippen molar-refractivity contribution in [1.29, 1.82) is 0 Å². The molecule has 0 atom stereocenters. The van der Waals surface area contributed by atoms with Gasteiger partial charge in [-0.2, -0.15) is 0 Å². The predicted octanol–water partition coefficient (Wildman–Crippen LogP) is 0.665. The standard InChI is InChI=1S/C12H14N2O3S/c1-18(16,17)10-4-2-9(3-5-10)11(15)8-12-13-6-7-14-12/h2-5H,6-8H2,1H3,(H,13,14). The molecular formula is C12H14N2O3S. The monoisotopic (exact) mass is 266 g/mol. The molecule has 1 N–H and O–H groups in total. The summed E-state index contributed by atoms with van der Waals surface area (Å²) in [5.41, 5.74) is 0.499. The molecule has 18 heavy (non-hydrogen) atoms. The van der Waals surface area contributed by atoms with Crippen LogP contribution in [0.25, 0.3) is 0 Å². The molecule has 0 radical (unpaired) electrons. The molecule has 0 bridgehead atoms. The maximum absolute atomic E-state index is 11.9. The molecule has 1 heterocycles. The molecule has 6 heteroatoms. The number of benzene rings is 1. The lowest BCUT2D eigenvalue weighted by Gasteiger charge is -2.03. The highest BCUT2D eigenvalue weighted by Crippen LogP contribution is 2.12. The van der Waals surface area contributed by atoms with E-state index in [1.165, 1.54) is 24.3 Å². The van der Waals surface area contributed by atoms with E-state index < -0.39 is 9.84 Å². The number of rotatable bonds is 4. The van der Waals surface area contributed by atoms with Gasteiger partial charge in [0.25, 0.3) is 0 Å². The van der Waals surface area contributed by atoms with Crippen LogP contribution in [0.15, 0.2) is 34.2 Å². The quantitative estimate of drug-likeness (QED) is 0.812. The minimum atomic E-state index is -3.22. The van der Waals surface area contributed by atoms with Crippen molar-refractivity contribution in [3.63, 3.8) is 0 Å². The molecule has 0 saturated heterocycles. The minimum absolute atomic E-state index is 0.0665. The van der Waals surface area contributed by atoms with Crippen molar-refractivity contribution in [2.45, 2.75) is 11.3 Å². The first-order chi connectivity index (χ1) is 8.47. The second kappa shape index (κ2) is 4.89. The minimum Gasteiger partial charge on any atom is -0.372 e. The van der Waals surface area contributed by atoms with Crippen molar-refractivity contribution in [3.05, 3.63) is 29.8 Å². The van der Waals surface area contributed by atoms with Gasteiger partial charge in [0.1, 0.15) is 5.84 Å². The lowest BCUT2D eigenvalue weighted by Crippen LogP contribution is -2.21. The fourth-order valence-electron chi connectivity index (χ4n) is 1.71. The lowest BCUT2D eigenvalue weighted by atomic mass is 10.1. The van der Waals surface area contributed by atoms with Crippen molar-refractivity contribution in [1.82, 2.24) is 5.32 Å². The molecule has 0 saturated carbocycles. The average Bonchev–Trinajstić information content (AvgIpc) is 2.81. The van der Waals surface area contributed by atoms with Crippen LogP contribution in [0.5, 0.6) is 0 Å². The zero-order chi connectivity index (χ0) is 13.2. The first-order valence-electron chi connectivity index (χ1n) is 5.57. The Morgan fingerprint density at radius 2 is 2.00 bits per heavy atom. The van der Waals surface area contributed by atoms with E-state index in [1.54, 1.807) is 0 Å². The summed E-state index contributed by atoms with van der Waals surface area (Å²) in [4.78, 5) is 16.3. The van der Waals surface area contributed by atoms with Crippen LogP contribution >= 0.6 is 0 Å². The summed E-state index contributed by atoms with van der Waals surface area (Å²) in [6.07, 6.45) is 1.37. The maximum Gasteiger partial charge on any atom is 0.175 e. The Hall–Kier alpha value is -1.69. The number of Topliss-reactive ketones (excluding diaryl/α,β-unsaturated/α-hetero) is 1. The summed E-state index contributed by atoms with van der Waals surface area (Å²) >= 11 is 0. The highest BCUT2D eigenvalue weighted by molar-refractivity contribution is 7.90. The summed E-state index contributed by atoms with van der Waals surface area (Å²) in [5, 5.41) is 3.03. The molecule has 0 unspecified atom stereocenters. The summed E-state index contributed by atoms with van der Waals surface area (Å²) in [5.74, 6) is 0.635. The van der Waals surface area contributed by atoms with Gasteiger partial charge in [-0.3, -0.25) is 9.79 Å². The number of nitrogens with zero attached hydrogens (tertiary/aromatic N) is 1. The fourth-order valence-corrected chi connectivity index (χ4v) is 2.34. The molecule has 0 fully saturated rings. The summed E-state index contributed by atoms with van der Waals surface area (Å²) in [7, 11) is -3.22. The van der Waals surface area contributed by atoms with Gasteiger partial charge in [0.15, 0.2) is 15.6 Å². The zero-order valence-corrected chi connectivity index (χ0v) is 10.8. The topological polar surface area (TPSA) is 75.6 Å². The van der Waals surface area contributed by atoms with Crippen molar-refractivity contribution in [3.8, 4) is 0 Å². The van der Waals surface area contributed by atoms with Crippen LogP contribution in [-0.2, 0) is 9.84 Å². The zero-order valence-electron chi connectivity index (χ0n) is 10.0. The van der Waals surface area contributed by atoms with Gasteiger partial charge in [0.2, 0.25) is 0 Å². The Kier molecular flexibility index (Phi) is 3.47. The summed E-state index contributed by atoms with van der Waals surface area (Å²) < 4.78 is 22.6. The first-order valence-corrected chi connectivity index (χ1v) is 7.46. The van der Waals surface area contributed by atoms with E-state index in [0.717, 1.165) is 12.8 Å². The van der Waals surface area contributed by atoms with Gasteiger partial charge in [-0.25, -0.2) is 8.42 Å². The van der Waals surface area contributed by atoms with Gasteiger partial charge in [-0.15, -0.1) is 0 Å². The normalized spacial score (nSPS) is 15.1. The number of sulfone groups is 1. The van der Waals surface area contributed by atoms with Crippen LogP contribution in [0.3, 0.4) is 0 Å². The molecule has 2 rings (SSSR count). The Labute approximate surface area is 106 Å². The van der Waals surface area contributed by atoms with Crippen LogP contribution in [-0.4, -0.2) is 39.4 Å². The van der Waals surface area contributed by atoms with Gasteiger partial charge < -0.3 is 5.32 Å². The van der Waals surface area contributed by atoms with Crippen molar-refractivity contribution >= 4 is 21.5 Å². The van der Waals surface area contributed by atoms with Crippen LogP contribution in [0.4, 0.5) is 0 Å². The number of hydrogen-bond donors (Lipinski definition) is 1. The lowest BCUT2D eigenvalue weighted by molar-refractivity contribution is 0.1000. The predicted molar refractivity (Wildman–Crippen MR) is 68.8 cm³/mol. The molecule has 1 aliphatic heterocycles. The number of ketones is 1. The van der Waals surface area contributed by atoms with Crippen molar-refractivity contribution in [2.75, 3.05) is 19.3 Å². The SMILES string of the molecule is CS(=O)(=O)c1ccc(C(=O)CC2=NCCN2)cc1. The molecule has 0 aromatic heterocycles. The average molecular weight is 266 g/mol. The maximum atomic E-state index is 11.9. The summed E-state index contributed by atoms with van der Waals surface area (Å²) in [6.45, 7) is 1.48. The largest absolute Gasteiger partial charge is 0.372 e. The van der Waals surface area contributed by atoms with E-state index in [4.69, 9.17) is 0 Å². The molecule has 5 nitrogen and oxygen atoms in total. The third kappa shape index (κ3) is 2.95. The highest BCUT2D eigenvalue weighted by atomic mass is 32.2. The van der Waals surface area contributed by atoms with Crippen LogP contribution in [0.2, 0.25) is 0 Å². The van der Waals surface area contributed by atoms with E-state index in [9.17, 15) is 13.2 Å². The second-order valence-electron chi connectivity index (χ2n) is 4.15. The summed E-state index contributed by atoms with van der Waals surface area (Å²) in [6, 6.07) is 5.97. The number of nitrogens with one attached hydrogen (secondary N) is 1. The van der Waals surface area contributed by atoms with Gasteiger partial charge >= 0.3 is 0 Å². The molecule has 1 aromatic rings. The van der Waals surface area contributed by atoms with Gasteiger partial charge in [0, 0.05) is 18.4 Å². The Balaban J connectivity index is 2.12. The van der Waals surface area contributed by atoms with E-state index in [1.807, 2.05) is 0 Å². The third-order valence-electron chi connectivity index (χ3n) is 2.68. The van der Waals surface area contributed by atoms with Gasteiger partial charge in [-0.1, -0.05) is 12.1 Å². The number of carbonyl (C=O) groups excluding carboxylic acids is 1. The number of aliphatic imine (C=N–C) groups is 1. The molecule has 0 amide bonds. The van der Waals surface area contributed by atoms with Crippen LogP contribution < -0.4 is 5.32 Å². The third-order valence-corrected chi connectivity index (χ3v) is 3.80. The van der Waals surface area contributed by atoms with E-state index >= 15 is 0 Å². The highest BCUT2D eigenvalue weighted by Gasteiger charge is 2.13. The number of amidine groups is 1. The Bertz CT molecular complexity index is 588. The van der Waals surface area contributed by atoms with Crippen molar-refractivity contribution < 1.29 is 13.2 Å². The van der Waals surface area contributed by atoms with Crippen LogP contribution in [0, 0.1) is 0 Å². The molecule has 1 aliphatic rings. The number of carbonyl (C=O) groups is 1. The molecule has 96 valence electrons. The first kappa shape index (κ1) is 12.8. The second-order valence-corrected chi connectivity index (χ2v) is 6.17.